The molecule has 106 valence electrons. The number of aromatic nitrogens is 1. The van der Waals surface area contributed by atoms with Crippen LogP contribution in [0.3, 0.4) is 0 Å². The third kappa shape index (κ3) is 3.31. The molecule has 0 N–H and O–H groups in total. The Balaban J connectivity index is 3.56. The van der Waals surface area contributed by atoms with Gasteiger partial charge in [-0.05, 0) is 6.92 Å². The Bertz CT molecular complexity index is 490. The summed E-state index contributed by atoms with van der Waals surface area (Å²) in [5.74, 6) is -1.35. The van der Waals surface area contributed by atoms with Gasteiger partial charge in [0.25, 0.3) is 6.43 Å². The normalized spacial score (nSPS) is 11.8. The van der Waals surface area contributed by atoms with Gasteiger partial charge in [-0.3, -0.25) is 0 Å². The highest BCUT2D eigenvalue weighted by Gasteiger charge is 2.41. The molecule has 0 aliphatic carbocycles. The Hall–Kier alpha value is -1.44. The number of ether oxygens (including phenoxy) is 1. The number of hydrogen-bond donors (Lipinski definition) is 0. The molecule has 0 saturated carbocycles. The minimum Gasteiger partial charge on any atom is -0.462 e. The van der Waals surface area contributed by atoms with Gasteiger partial charge in [0.1, 0.15) is 0 Å². The van der Waals surface area contributed by atoms with Crippen LogP contribution in [-0.2, 0) is 10.9 Å². The lowest BCUT2D eigenvalue weighted by Gasteiger charge is -2.15. The average Bonchev–Trinajstić information content (AvgIpc) is 2.26. The number of carbonyl (C=O) groups is 1. The highest BCUT2D eigenvalue weighted by Crippen LogP contribution is 2.39. The smallest absolute Gasteiger partial charge is 0.433 e. The van der Waals surface area contributed by atoms with E-state index >= 15 is 0 Å². The van der Waals surface area contributed by atoms with Crippen molar-refractivity contribution in [2.24, 2.45) is 0 Å². The Labute approximate surface area is 109 Å². The third-order valence-electron chi connectivity index (χ3n) is 2.04. The van der Waals surface area contributed by atoms with Crippen LogP contribution in [0.1, 0.15) is 35.0 Å². The van der Waals surface area contributed by atoms with Gasteiger partial charge in [0, 0.05) is 6.20 Å². The maximum absolute atomic E-state index is 12.8. The minimum atomic E-state index is -5.13. The molecule has 0 unspecified atom stereocenters. The van der Waals surface area contributed by atoms with Crippen LogP contribution < -0.4 is 0 Å². The molecular formula is C10H7ClF5NO2. The van der Waals surface area contributed by atoms with E-state index in [1.54, 1.807) is 0 Å². The Morgan fingerprint density at radius 3 is 2.47 bits per heavy atom. The van der Waals surface area contributed by atoms with Crippen molar-refractivity contribution in [1.29, 1.82) is 0 Å². The first kappa shape index (κ1) is 15.6. The summed E-state index contributed by atoms with van der Waals surface area (Å²) >= 11 is 5.46. The van der Waals surface area contributed by atoms with Gasteiger partial charge in [-0.15, -0.1) is 0 Å². The van der Waals surface area contributed by atoms with Gasteiger partial charge < -0.3 is 4.74 Å². The van der Waals surface area contributed by atoms with Crippen LogP contribution in [0.15, 0.2) is 6.20 Å². The summed E-state index contributed by atoms with van der Waals surface area (Å²) in [5.41, 5.74) is -4.44. The fourth-order valence-electron chi connectivity index (χ4n) is 1.35. The van der Waals surface area contributed by atoms with E-state index in [9.17, 15) is 26.7 Å². The summed E-state index contributed by atoms with van der Waals surface area (Å²) in [5, 5.41) is -0.623. The van der Waals surface area contributed by atoms with Crippen LogP contribution in [0.4, 0.5) is 22.0 Å². The third-order valence-corrected chi connectivity index (χ3v) is 2.32. The van der Waals surface area contributed by atoms with Crippen LogP contribution in [0.5, 0.6) is 0 Å². The van der Waals surface area contributed by atoms with Crippen molar-refractivity contribution < 1.29 is 31.5 Å². The maximum Gasteiger partial charge on any atom is 0.433 e. The van der Waals surface area contributed by atoms with Crippen LogP contribution in [0.2, 0.25) is 5.02 Å². The predicted molar refractivity (Wildman–Crippen MR) is 55.2 cm³/mol. The lowest BCUT2D eigenvalue weighted by molar-refractivity contribution is -0.143. The van der Waals surface area contributed by atoms with Gasteiger partial charge in [-0.25, -0.2) is 18.6 Å². The Morgan fingerprint density at radius 2 is 2.05 bits per heavy atom. The quantitative estimate of drug-likeness (QED) is 0.628. The largest absolute Gasteiger partial charge is 0.462 e. The molecule has 1 aromatic rings. The van der Waals surface area contributed by atoms with Gasteiger partial charge in [0.15, 0.2) is 5.69 Å². The molecule has 0 bridgehead atoms. The van der Waals surface area contributed by atoms with Crippen molar-refractivity contribution in [3.63, 3.8) is 0 Å². The number of nitrogens with zero attached hydrogens (tertiary/aromatic N) is 1. The van der Waals surface area contributed by atoms with Crippen LogP contribution in [0, 0.1) is 0 Å². The summed E-state index contributed by atoms with van der Waals surface area (Å²) in [6, 6.07) is 0. The predicted octanol–water partition coefficient (Wildman–Crippen LogP) is 3.87. The Kier molecular flexibility index (Phi) is 4.67. The number of esters is 1. The van der Waals surface area contributed by atoms with E-state index in [0.717, 1.165) is 0 Å². The van der Waals surface area contributed by atoms with E-state index in [1.807, 2.05) is 0 Å². The van der Waals surface area contributed by atoms with Crippen molar-refractivity contribution in [1.82, 2.24) is 4.98 Å². The van der Waals surface area contributed by atoms with Crippen molar-refractivity contribution in [3.05, 3.63) is 28.0 Å². The van der Waals surface area contributed by atoms with Crippen molar-refractivity contribution in [3.8, 4) is 0 Å². The van der Waals surface area contributed by atoms with Crippen molar-refractivity contribution >= 4 is 17.6 Å². The van der Waals surface area contributed by atoms with Gasteiger partial charge in [-0.2, -0.15) is 13.2 Å². The summed E-state index contributed by atoms with van der Waals surface area (Å²) in [6.07, 6.45) is -8.21. The Morgan fingerprint density at radius 1 is 1.47 bits per heavy atom. The van der Waals surface area contributed by atoms with E-state index in [-0.39, 0.29) is 6.61 Å². The number of hydrogen-bond acceptors (Lipinski definition) is 3. The molecule has 19 heavy (non-hydrogen) atoms. The second-order valence-corrected chi connectivity index (χ2v) is 3.67. The SMILES string of the molecule is CCOC(=O)c1c(Cl)cnc(C(F)(F)F)c1C(F)F. The number of halogens is 6. The lowest BCUT2D eigenvalue weighted by atomic mass is 10.1. The molecule has 9 heteroatoms. The summed E-state index contributed by atoms with van der Waals surface area (Å²) in [4.78, 5) is 14.3. The molecule has 0 aliphatic rings. The van der Waals surface area contributed by atoms with Gasteiger partial charge >= 0.3 is 12.1 Å². The number of alkyl halides is 5. The standard InChI is InChI=1S/C10H7ClF5NO2/c1-2-19-9(18)5-4(11)3-17-7(10(14,15)16)6(5)8(12)13/h3,8H,2H2,1H3. The fourth-order valence-corrected chi connectivity index (χ4v) is 1.58. The van der Waals surface area contributed by atoms with Crippen molar-refractivity contribution in [2.75, 3.05) is 6.61 Å². The van der Waals surface area contributed by atoms with E-state index in [0.29, 0.717) is 6.20 Å². The minimum absolute atomic E-state index is 0.193. The van der Waals surface area contributed by atoms with E-state index in [2.05, 4.69) is 9.72 Å². The van der Waals surface area contributed by atoms with Crippen LogP contribution in [0.25, 0.3) is 0 Å². The molecule has 3 nitrogen and oxygen atoms in total. The molecule has 1 aromatic heterocycles. The van der Waals surface area contributed by atoms with Crippen LogP contribution >= 0.6 is 11.6 Å². The zero-order chi connectivity index (χ0) is 14.8. The molecule has 0 spiro atoms. The van der Waals surface area contributed by atoms with Crippen LogP contribution in [-0.4, -0.2) is 17.6 Å². The first-order valence-corrected chi connectivity index (χ1v) is 5.28. The zero-order valence-electron chi connectivity index (χ0n) is 9.39. The zero-order valence-corrected chi connectivity index (χ0v) is 10.1. The van der Waals surface area contributed by atoms with E-state index in [4.69, 9.17) is 11.6 Å². The summed E-state index contributed by atoms with van der Waals surface area (Å²) < 4.78 is 67.7. The molecule has 1 rings (SSSR count). The second kappa shape index (κ2) is 5.68. The monoisotopic (exact) mass is 303 g/mol. The first-order valence-electron chi connectivity index (χ1n) is 4.91. The topological polar surface area (TPSA) is 39.2 Å². The molecule has 0 aromatic carbocycles. The molecule has 0 radical (unpaired) electrons. The number of carbonyl (C=O) groups excluding carboxylic acids is 1. The fraction of sp³-hybridized carbons (Fsp3) is 0.400. The van der Waals surface area contributed by atoms with Gasteiger partial charge in [0.2, 0.25) is 0 Å². The molecule has 0 atom stereocenters. The highest BCUT2D eigenvalue weighted by atomic mass is 35.5. The molecule has 0 saturated heterocycles. The lowest BCUT2D eigenvalue weighted by Crippen LogP contribution is -2.18. The molecule has 0 fully saturated rings. The van der Waals surface area contributed by atoms with Crippen molar-refractivity contribution in [2.45, 2.75) is 19.5 Å². The van der Waals surface area contributed by atoms with Gasteiger partial charge in [-0.1, -0.05) is 11.6 Å². The summed E-state index contributed by atoms with van der Waals surface area (Å²) in [7, 11) is 0. The number of pyridine rings is 1. The second-order valence-electron chi connectivity index (χ2n) is 3.26. The molecular weight excluding hydrogens is 297 g/mol. The first-order chi connectivity index (χ1) is 8.70. The van der Waals surface area contributed by atoms with Gasteiger partial charge in [0.05, 0.1) is 22.8 Å². The maximum atomic E-state index is 12.8. The molecule has 0 amide bonds. The summed E-state index contributed by atoms with van der Waals surface area (Å²) in [6.45, 7) is 1.18. The van der Waals surface area contributed by atoms with E-state index in [1.165, 1.54) is 6.92 Å². The number of rotatable bonds is 3. The average molecular weight is 304 g/mol. The molecule has 1 heterocycles. The van der Waals surface area contributed by atoms with E-state index < -0.39 is 40.4 Å². The highest BCUT2D eigenvalue weighted by molar-refractivity contribution is 6.33. The molecule has 0 aliphatic heterocycles.